The largest absolute Gasteiger partial charge is 0.259 e. The summed E-state index contributed by atoms with van der Waals surface area (Å²) in [7, 11) is 0. The minimum absolute atomic E-state index is 0.435. The molecule has 0 radical (unpaired) electrons. The molecule has 1 saturated heterocycles. The smallest absolute Gasteiger partial charge is 0.189 e. The van der Waals surface area contributed by atoms with Crippen LogP contribution in [0.2, 0.25) is 0 Å². The lowest BCUT2D eigenvalue weighted by Gasteiger charge is -2.09. The van der Waals surface area contributed by atoms with Crippen LogP contribution in [0.3, 0.4) is 0 Å². The van der Waals surface area contributed by atoms with Crippen molar-refractivity contribution in [3.05, 3.63) is 35.9 Å². The summed E-state index contributed by atoms with van der Waals surface area (Å²) in [6, 6.07) is 10.1. The Labute approximate surface area is 78.4 Å². The van der Waals surface area contributed by atoms with Gasteiger partial charge in [-0.25, -0.2) is 0 Å². The predicted octanol–water partition coefficient (Wildman–Crippen LogP) is 2.85. The maximum Gasteiger partial charge on any atom is 0.259 e. The molecule has 1 heterocycles. The van der Waals surface area contributed by atoms with Crippen molar-refractivity contribution in [1.82, 2.24) is 0 Å². The molecule has 0 N–H and O–H groups in total. The molecule has 0 bridgehead atoms. The Morgan fingerprint density at radius 1 is 1.15 bits per heavy atom. The maximum atomic E-state index is 5.09. The van der Waals surface area contributed by atoms with Crippen molar-refractivity contribution in [3.8, 4) is 0 Å². The molecule has 1 fully saturated rings. The van der Waals surface area contributed by atoms with Crippen molar-refractivity contribution in [3.63, 3.8) is 0 Å². The molecule has 0 amide bonds. The first-order valence-corrected chi connectivity index (χ1v) is 4.65. The van der Waals surface area contributed by atoms with Crippen LogP contribution in [0, 0.1) is 5.92 Å². The fourth-order valence-corrected chi connectivity index (χ4v) is 1.56. The average Bonchev–Trinajstić information content (AvgIpc) is 2.86. The molecule has 2 rings (SSSR count). The summed E-state index contributed by atoms with van der Waals surface area (Å²) in [5.41, 5.74) is 1.11. The molecule has 0 spiro atoms. The molecule has 0 saturated carbocycles. The highest BCUT2D eigenvalue weighted by atomic mass is 17.4. The van der Waals surface area contributed by atoms with E-state index in [9.17, 15) is 0 Å². The van der Waals surface area contributed by atoms with E-state index < -0.39 is 5.79 Å². The van der Waals surface area contributed by atoms with E-state index >= 15 is 0 Å². The van der Waals surface area contributed by atoms with Crippen LogP contribution in [-0.4, -0.2) is 0 Å². The lowest BCUT2D eigenvalue weighted by atomic mass is 9.97. The predicted molar refractivity (Wildman–Crippen MR) is 49.7 cm³/mol. The zero-order valence-electron chi connectivity index (χ0n) is 7.99. The Morgan fingerprint density at radius 2 is 1.77 bits per heavy atom. The van der Waals surface area contributed by atoms with E-state index in [-0.39, 0.29) is 0 Å². The van der Waals surface area contributed by atoms with E-state index in [2.05, 4.69) is 13.8 Å². The van der Waals surface area contributed by atoms with Gasteiger partial charge >= 0.3 is 0 Å². The Kier molecular flexibility index (Phi) is 2.10. The van der Waals surface area contributed by atoms with Gasteiger partial charge in [-0.1, -0.05) is 44.2 Å². The van der Waals surface area contributed by atoms with Crippen LogP contribution < -0.4 is 0 Å². The second-order valence-electron chi connectivity index (χ2n) is 3.88. The molecule has 1 aliphatic rings. The third-order valence-corrected chi connectivity index (χ3v) is 2.18. The molecule has 0 atom stereocenters. The topological polar surface area (TPSA) is 25.1 Å². The van der Waals surface area contributed by atoms with Gasteiger partial charge in [0.2, 0.25) is 0 Å². The van der Waals surface area contributed by atoms with Gasteiger partial charge in [-0.2, -0.15) is 9.78 Å². The highest BCUT2D eigenvalue weighted by molar-refractivity contribution is 5.21. The SMILES string of the molecule is CC(C)CC1(c2ccccc2)OO1. The monoisotopic (exact) mass is 178 g/mol. The van der Waals surface area contributed by atoms with Gasteiger partial charge in [-0.3, -0.25) is 0 Å². The first-order chi connectivity index (χ1) is 6.23. The summed E-state index contributed by atoms with van der Waals surface area (Å²) >= 11 is 0. The molecule has 13 heavy (non-hydrogen) atoms. The van der Waals surface area contributed by atoms with E-state index in [1.807, 2.05) is 30.3 Å². The van der Waals surface area contributed by atoms with Crippen molar-refractivity contribution >= 4 is 0 Å². The molecule has 2 heteroatoms. The van der Waals surface area contributed by atoms with Crippen molar-refractivity contribution in [2.75, 3.05) is 0 Å². The third-order valence-electron chi connectivity index (χ3n) is 2.18. The maximum absolute atomic E-state index is 5.09. The fraction of sp³-hybridized carbons (Fsp3) is 0.455. The Balaban J connectivity index is 2.16. The van der Waals surface area contributed by atoms with Gasteiger partial charge in [-0.15, -0.1) is 0 Å². The van der Waals surface area contributed by atoms with Crippen LogP contribution in [0.5, 0.6) is 0 Å². The van der Waals surface area contributed by atoms with E-state index in [1.54, 1.807) is 0 Å². The Bertz CT molecular complexity index is 275. The summed E-state index contributed by atoms with van der Waals surface area (Å²) in [5, 5.41) is 0. The first-order valence-electron chi connectivity index (χ1n) is 4.65. The van der Waals surface area contributed by atoms with Crippen molar-refractivity contribution in [2.45, 2.75) is 26.1 Å². The fourth-order valence-electron chi connectivity index (χ4n) is 1.56. The minimum atomic E-state index is -0.435. The normalized spacial score (nSPS) is 19.0. The highest BCUT2D eigenvalue weighted by Crippen LogP contribution is 2.45. The van der Waals surface area contributed by atoms with Crippen LogP contribution in [-0.2, 0) is 15.6 Å². The van der Waals surface area contributed by atoms with Gasteiger partial charge in [0, 0.05) is 12.0 Å². The molecular formula is C11H14O2. The zero-order chi connectivity index (χ0) is 9.31. The van der Waals surface area contributed by atoms with E-state index in [4.69, 9.17) is 9.78 Å². The molecule has 0 unspecified atom stereocenters. The lowest BCUT2D eigenvalue weighted by Crippen LogP contribution is -2.11. The summed E-state index contributed by atoms with van der Waals surface area (Å²) in [5.74, 6) is 0.137. The first kappa shape index (κ1) is 8.73. The number of hydrogen-bond acceptors (Lipinski definition) is 2. The standard InChI is InChI=1S/C11H14O2/c1-9(2)8-11(12-13-11)10-6-4-3-5-7-10/h3-7,9H,8H2,1-2H3. The molecule has 2 nitrogen and oxygen atoms in total. The number of hydrogen-bond donors (Lipinski definition) is 0. The molecular weight excluding hydrogens is 164 g/mol. The molecule has 70 valence electrons. The van der Waals surface area contributed by atoms with Gasteiger partial charge in [0.05, 0.1) is 0 Å². The van der Waals surface area contributed by atoms with Crippen molar-refractivity contribution in [2.24, 2.45) is 5.92 Å². The van der Waals surface area contributed by atoms with Crippen LogP contribution in [0.1, 0.15) is 25.8 Å². The van der Waals surface area contributed by atoms with Gasteiger partial charge in [-0.05, 0) is 5.92 Å². The van der Waals surface area contributed by atoms with Crippen molar-refractivity contribution in [1.29, 1.82) is 0 Å². The molecule has 1 aliphatic heterocycles. The Hall–Kier alpha value is -0.860. The van der Waals surface area contributed by atoms with Crippen LogP contribution in [0.4, 0.5) is 0 Å². The number of benzene rings is 1. The zero-order valence-corrected chi connectivity index (χ0v) is 7.99. The van der Waals surface area contributed by atoms with Gasteiger partial charge < -0.3 is 0 Å². The average molecular weight is 178 g/mol. The highest BCUT2D eigenvalue weighted by Gasteiger charge is 2.50. The lowest BCUT2D eigenvalue weighted by molar-refractivity contribution is 0.0850. The summed E-state index contributed by atoms with van der Waals surface area (Å²) in [6.45, 7) is 4.32. The second-order valence-corrected chi connectivity index (χ2v) is 3.88. The molecule has 0 aromatic heterocycles. The van der Waals surface area contributed by atoms with Crippen LogP contribution in [0.15, 0.2) is 30.3 Å². The van der Waals surface area contributed by atoms with Crippen molar-refractivity contribution < 1.29 is 9.78 Å². The molecule has 1 aromatic rings. The number of rotatable bonds is 3. The van der Waals surface area contributed by atoms with E-state index in [0.717, 1.165) is 12.0 Å². The van der Waals surface area contributed by atoms with Crippen LogP contribution >= 0.6 is 0 Å². The summed E-state index contributed by atoms with van der Waals surface area (Å²) in [4.78, 5) is 10.2. The van der Waals surface area contributed by atoms with Crippen LogP contribution in [0.25, 0.3) is 0 Å². The van der Waals surface area contributed by atoms with E-state index in [0.29, 0.717) is 5.92 Å². The summed E-state index contributed by atoms with van der Waals surface area (Å²) in [6.07, 6.45) is 0.914. The Morgan fingerprint density at radius 3 is 2.23 bits per heavy atom. The minimum Gasteiger partial charge on any atom is -0.189 e. The van der Waals surface area contributed by atoms with E-state index in [1.165, 1.54) is 0 Å². The molecule has 1 aromatic carbocycles. The van der Waals surface area contributed by atoms with Gasteiger partial charge in [0.25, 0.3) is 5.79 Å². The van der Waals surface area contributed by atoms with Gasteiger partial charge in [0.1, 0.15) is 0 Å². The second kappa shape index (κ2) is 3.13. The summed E-state index contributed by atoms with van der Waals surface area (Å²) < 4.78 is 0. The third kappa shape index (κ3) is 1.74. The van der Waals surface area contributed by atoms with Gasteiger partial charge in [0.15, 0.2) is 0 Å². The molecule has 0 aliphatic carbocycles. The quantitative estimate of drug-likeness (QED) is 0.525.